The highest BCUT2D eigenvalue weighted by atomic mass is 16.1. The second-order valence-electron chi connectivity index (χ2n) is 5.60. The summed E-state index contributed by atoms with van der Waals surface area (Å²) < 4.78 is 5.41. The van der Waals surface area contributed by atoms with E-state index in [1.807, 2.05) is 21.6 Å². The van der Waals surface area contributed by atoms with E-state index >= 15 is 0 Å². The van der Waals surface area contributed by atoms with Crippen LogP contribution in [0, 0.1) is 5.92 Å². The van der Waals surface area contributed by atoms with Crippen molar-refractivity contribution >= 4 is 0 Å². The van der Waals surface area contributed by atoms with E-state index in [0.717, 1.165) is 25.2 Å². The first-order valence-corrected chi connectivity index (χ1v) is 6.79. The van der Waals surface area contributed by atoms with E-state index in [9.17, 15) is 4.79 Å². The van der Waals surface area contributed by atoms with Crippen molar-refractivity contribution in [2.45, 2.75) is 45.8 Å². The number of hydrogen-bond acceptors (Lipinski definition) is 3. The van der Waals surface area contributed by atoms with E-state index in [1.54, 1.807) is 10.9 Å². The molecule has 0 amide bonds. The fraction of sp³-hybridized carbons (Fsp3) is 0.615. The molecule has 0 aromatic carbocycles. The zero-order valence-corrected chi connectivity index (χ0v) is 11.4. The summed E-state index contributed by atoms with van der Waals surface area (Å²) in [6.07, 6.45) is 7.51. The Balaban J connectivity index is 1.81. The smallest absolute Gasteiger partial charge is 0.296 e. The lowest BCUT2D eigenvalue weighted by atomic mass is 10.2. The fourth-order valence-electron chi connectivity index (χ4n) is 2.24. The van der Waals surface area contributed by atoms with Crippen LogP contribution in [0.1, 0.15) is 38.6 Å². The number of hydrogen-bond donors (Lipinski definition) is 0. The van der Waals surface area contributed by atoms with Crippen LogP contribution >= 0.6 is 0 Å². The monoisotopic (exact) mass is 261 g/mol. The average Bonchev–Trinajstić information content (AvgIpc) is 3.01. The summed E-state index contributed by atoms with van der Waals surface area (Å²) in [6.45, 7) is 5.60. The van der Waals surface area contributed by atoms with Gasteiger partial charge in [-0.05, 0) is 18.8 Å². The molecule has 6 nitrogen and oxygen atoms in total. The molecule has 1 saturated carbocycles. The molecule has 0 spiro atoms. The van der Waals surface area contributed by atoms with Gasteiger partial charge >= 0.3 is 5.69 Å². The lowest BCUT2D eigenvalue weighted by Crippen LogP contribution is -2.25. The van der Waals surface area contributed by atoms with Gasteiger partial charge in [-0.1, -0.05) is 13.8 Å². The maximum Gasteiger partial charge on any atom is 0.328 e. The Morgan fingerprint density at radius 2 is 2.16 bits per heavy atom. The van der Waals surface area contributed by atoms with Crippen molar-refractivity contribution in [1.29, 1.82) is 0 Å². The van der Waals surface area contributed by atoms with Gasteiger partial charge in [0.1, 0.15) is 12.2 Å². The molecule has 1 fully saturated rings. The second kappa shape index (κ2) is 4.68. The highest BCUT2D eigenvalue weighted by Gasteiger charge is 2.25. The van der Waals surface area contributed by atoms with Gasteiger partial charge in [-0.25, -0.2) is 14.5 Å². The van der Waals surface area contributed by atoms with Crippen molar-refractivity contribution in [1.82, 2.24) is 23.9 Å². The molecule has 0 radical (unpaired) electrons. The van der Waals surface area contributed by atoms with Gasteiger partial charge in [0, 0.05) is 25.0 Å². The van der Waals surface area contributed by atoms with Crippen molar-refractivity contribution < 1.29 is 0 Å². The van der Waals surface area contributed by atoms with Gasteiger partial charge in [0.2, 0.25) is 0 Å². The third-order valence-electron chi connectivity index (χ3n) is 3.36. The summed E-state index contributed by atoms with van der Waals surface area (Å²) in [5.74, 6) is 1.34. The molecule has 2 heterocycles. The average molecular weight is 261 g/mol. The number of imidazole rings is 1. The summed E-state index contributed by atoms with van der Waals surface area (Å²) >= 11 is 0. The highest BCUT2D eigenvalue weighted by molar-refractivity contribution is 4.95. The van der Waals surface area contributed by atoms with Crippen LogP contribution in [0.3, 0.4) is 0 Å². The van der Waals surface area contributed by atoms with Crippen LogP contribution in [-0.2, 0) is 13.1 Å². The minimum Gasteiger partial charge on any atom is -0.296 e. The van der Waals surface area contributed by atoms with E-state index in [4.69, 9.17) is 0 Å². The molecule has 2 aromatic rings. The predicted octanol–water partition coefficient (Wildman–Crippen LogP) is 1.28. The van der Waals surface area contributed by atoms with Gasteiger partial charge in [-0.3, -0.25) is 9.13 Å². The lowest BCUT2D eigenvalue weighted by molar-refractivity contribution is 0.459. The molecule has 3 rings (SSSR count). The van der Waals surface area contributed by atoms with Gasteiger partial charge in [0.05, 0.1) is 6.54 Å². The number of aromatic nitrogens is 5. The molecule has 1 aliphatic rings. The van der Waals surface area contributed by atoms with E-state index in [-0.39, 0.29) is 5.69 Å². The van der Waals surface area contributed by atoms with Gasteiger partial charge in [-0.2, -0.15) is 5.10 Å². The highest BCUT2D eigenvalue weighted by Crippen LogP contribution is 2.33. The van der Waals surface area contributed by atoms with Crippen molar-refractivity contribution in [3.8, 4) is 0 Å². The zero-order chi connectivity index (χ0) is 13.4. The summed E-state index contributed by atoms with van der Waals surface area (Å²) in [5, 5.41) is 4.22. The van der Waals surface area contributed by atoms with E-state index in [0.29, 0.717) is 18.5 Å². The molecular weight excluding hydrogens is 242 g/mol. The Morgan fingerprint density at radius 3 is 2.84 bits per heavy atom. The van der Waals surface area contributed by atoms with Crippen LogP contribution in [0.4, 0.5) is 0 Å². The van der Waals surface area contributed by atoms with Crippen molar-refractivity contribution in [2.75, 3.05) is 0 Å². The van der Waals surface area contributed by atoms with Gasteiger partial charge < -0.3 is 0 Å². The third kappa shape index (κ3) is 2.47. The Kier molecular flexibility index (Phi) is 3.00. The summed E-state index contributed by atoms with van der Waals surface area (Å²) in [4.78, 5) is 16.4. The van der Waals surface area contributed by atoms with Gasteiger partial charge in [0.25, 0.3) is 0 Å². The molecule has 19 heavy (non-hydrogen) atoms. The molecule has 6 heteroatoms. The largest absolute Gasteiger partial charge is 0.328 e. The Hall–Kier alpha value is -1.85. The maximum absolute atomic E-state index is 12.2. The Morgan fingerprint density at radius 1 is 1.37 bits per heavy atom. The molecular formula is C13H19N5O. The normalized spacial score (nSPS) is 15.3. The topological polar surface area (TPSA) is 57.6 Å². The summed E-state index contributed by atoms with van der Waals surface area (Å²) in [5.41, 5.74) is 0.0570. The molecule has 0 aliphatic heterocycles. The van der Waals surface area contributed by atoms with Crippen LogP contribution in [0.5, 0.6) is 0 Å². The van der Waals surface area contributed by atoms with Gasteiger partial charge in [-0.15, -0.1) is 0 Å². The standard InChI is InChI=1S/C13H19N5O/c1-10(2)7-18-12(14-9-15-18)8-16-5-6-17(13(16)19)11-3-4-11/h5-6,9-11H,3-4,7-8H2,1-2H3. The third-order valence-corrected chi connectivity index (χ3v) is 3.36. The molecule has 0 atom stereocenters. The Labute approximate surface area is 111 Å². The van der Waals surface area contributed by atoms with Gasteiger partial charge in [0.15, 0.2) is 0 Å². The molecule has 102 valence electrons. The molecule has 0 unspecified atom stereocenters. The molecule has 0 N–H and O–H groups in total. The first-order valence-electron chi connectivity index (χ1n) is 6.79. The number of nitrogens with zero attached hydrogens (tertiary/aromatic N) is 5. The SMILES string of the molecule is CC(C)Cn1ncnc1Cn1ccn(C2CC2)c1=O. The number of rotatable bonds is 5. The first kappa shape index (κ1) is 12.2. The predicted molar refractivity (Wildman–Crippen MR) is 70.9 cm³/mol. The van der Waals surface area contributed by atoms with Crippen LogP contribution < -0.4 is 5.69 Å². The Bertz CT molecular complexity index is 617. The van der Waals surface area contributed by atoms with E-state index in [1.165, 1.54) is 0 Å². The van der Waals surface area contributed by atoms with Crippen molar-refractivity contribution in [3.63, 3.8) is 0 Å². The summed E-state index contributed by atoms with van der Waals surface area (Å²) in [6, 6.07) is 0.419. The molecule has 0 saturated heterocycles. The van der Waals surface area contributed by atoms with Crippen LogP contribution in [0.15, 0.2) is 23.5 Å². The lowest BCUT2D eigenvalue weighted by Gasteiger charge is -2.08. The van der Waals surface area contributed by atoms with E-state index < -0.39 is 0 Å². The van der Waals surface area contributed by atoms with Crippen LogP contribution in [0.2, 0.25) is 0 Å². The minimum atomic E-state index is 0.0570. The minimum absolute atomic E-state index is 0.0570. The van der Waals surface area contributed by atoms with E-state index in [2.05, 4.69) is 23.9 Å². The maximum atomic E-state index is 12.2. The fourth-order valence-corrected chi connectivity index (χ4v) is 2.24. The van der Waals surface area contributed by atoms with Crippen molar-refractivity contribution in [2.24, 2.45) is 5.92 Å². The van der Waals surface area contributed by atoms with Crippen LogP contribution in [-0.4, -0.2) is 23.9 Å². The molecule has 1 aliphatic carbocycles. The molecule has 2 aromatic heterocycles. The van der Waals surface area contributed by atoms with Crippen LogP contribution in [0.25, 0.3) is 0 Å². The summed E-state index contributed by atoms with van der Waals surface area (Å²) in [7, 11) is 0. The second-order valence-corrected chi connectivity index (χ2v) is 5.60. The van der Waals surface area contributed by atoms with Crippen molar-refractivity contribution in [3.05, 3.63) is 35.0 Å². The molecule has 0 bridgehead atoms. The quantitative estimate of drug-likeness (QED) is 0.814. The first-order chi connectivity index (χ1) is 9.15. The zero-order valence-electron chi connectivity index (χ0n) is 11.4.